The molecule has 0 spiro atoms. The van der Waals surface area contributed by atoms with Gasteiger partial charge in [0.25, 0.3) is 0 Å². The normalized spacial score (nSPS) is 32.1. The van der Waals surface area contributed by atoms with Crippen LogP contribution in [0.15, 0.2) is 0 Å². The molecule has 1 fully saturated rings. The lowest BCUT2D eigenvalue weighted by molar-refractivity contribution is -0.142. The molecule has 2 atom stereocenters. The van der Waals surface area contributed by atoms with Gasteiger partial charge in [0.2, 0.25) is 0 Å². The summed E-state index contributed by atoms with van der Waals surface area (Å²) >= 11 is 0. The van der Waals surface area contributed by atoms with E-state index in [1.54, 1.807) is 0 Å². The molecule has 0 aromatic heterocycles. The molecule has 1 heterocycles. The third-order valence-corrected chi connectivity index (χ3v) is 1.37. The van der Waals surface area contributed by atoms with Crippen LogP contribution in [-0.4, -0.2) is 23.2 Å². The molecular weight excluding hydrogens is 142 g/mol. The molecule has 1 aliphatic rings. The maximum absolute atomic E-state index is 10.1. The quantitative estimate of drug-likeness (QED) is 0.565. The Balaban J connectivity index is 0.000000640. The summed E-state index contributed by atoms with van der Waals surface area (Å²) in [5, 5.41) is 11.1. The van der Waals surface area contributed by atoms with Gasteiger partial charge in [0, 0.05) is 6.04 Å². The summed E-state index contributed by atoms with van der Waals surface area (Å²) < 4.78 is 0. The van der Waals surface area contributed by atoms with Gasteiger partial charge in [-0.15, -0.1) is 12.4 Å². The lowest BCUT2D eigenvalue weighted by Gasteiger charge is -2.30. The van der Waals surface area contributed by atoms with Crippen LogP contribution in [0.3, 0.4) is 0 Å². The van der Waals surface area contributed by atoms with Crippen LogP contribution in [0, 0.1) is 0 Å². The number of carboxylic acid groups (broad SMARTS) is 1. The van der Waals surface area contributed by atoms with Crippen molar-refractivity contribution < 1.29 is 9.90 Å². The second-order valence-corrected chi connectivity index (χ2v) is 2.19. The third kappa shape index (κ3) is 1.84. The predicted molar refractivity (Wildman–Crippen MR) is 35.9 cm³/mol. The molecule has 0 aromatic rings. The molecule has 1 saturated heterocycles. The van der Waals surface area contributed by atoms with Crippen LogP contribution >= 0.6 is 12.4 Å². The van der Waals surface area contributed by atoms with E-state index in [0.29, 0.717) is 6.04 Å². The fraction of sp³-hybridized carbons (Fsp3) is 0.800. The van der Waals surface area contributed by atoms with E-state index in [2.05, 4.69) is 5.32 Å². The highest BCUT2D eigenvalue weighted by Gasteiger charge is 2.29. The lowest BCUT2D eigenvalue weighted by atomic mass is 9.99. The molecule has 0 unspecified atom stereocenters. The summed E-state index contributed by atoms with van der Waals surface area (Å²) in [6.45, 7) is 1.97. The highest BCUT2D eigenvalue weighted by Crippen LogP contribution is 2.09. The van der Waals surface area contributed by atoms with Crippen LogP contribution in [0.1, 0.15) is 13.3 Å². The summed E-state index contributed by atoms with van der Waals surface area (Å²) in [5.74, 6) is -0.733. The van der Waals surface area contributed by atoms with Crippen molar-refractivity contribution in [3.8, 4) is 0 Å². The molecule has 0 amide bonds. The summed E-state index contributed by atoms with van der Waals surface area (Å²) in [6, 6.07) is 0.126. The minimum absolute atomic E-state index is 0. The maximum Gasteiger partial charge on any atom is 0.320 e. The van der Waals surface area contributed by atoms with Crippen LogP contribution in [0.5, 0.6) is 0 Å². The number of carbonyl (C=O) groups is 1. The van der Waals surface area contributed by atoms with E-state index < -0.39 is 5.97 Å². The number of aliphatic carboxylic acids is 1. The molecule has 4 heteroatoms. The fourth-order valence-corrected chi connectivity index (χ4v) is 0.845. The van der Waals surface area contributed by atoms with Crippen LogP contribution in [0.4, 0.5) is 0 Å². The van der Waals surface area contributed by atoms with Crippen molar-refractivity contribution in [3.05, 3.63) is 0 Å². The summed E-state index contributed by atoms with van der Waals surface area (Å²) in [4.78, 5) is 10.1. The zero-order valence-electron chi connectivity index (χ0n) is 5.13. The molecule has 3 nitrogen and oxygen atoms in total. The molecule has 0 aromatic carbocycles. The van der Waals surface area contributed by atoms with Gasteiger partial charge in [-0.05, 0) is 13.3 Å². The lowest BCUT2D eigenvalue weighted by Crippen LogP contribution is -2.54. The average Bonchev–Trinajstić information content (AvgIpc) is 1.57. The first-order valence-electron chi connectivity index (χ1n) is 2.69. The second-order valence-electron chi connectivity index (χ2n) is 2.19. The van der Waals surface area contributed by atoms with E-state index in [1.807, 2.05) is 6.92 Å². The Morgan fingerprint density at radius 1 is 1.78 bits per heavy atom. The van der Waals surface area contributed by atoms with Crippen molar-refractivity contribution in [1.29, 1.82) is 0 Å². The topological polar surface area (TPSA) is 49.3 Å². The number of nitrogens with one attached hydrogen (secondary N) is 1. The van der Waals surface area contributed by atoms with E-state index in [4.69, 9.17) is 5.11 Å². The number of carboxylic acids is 1. The molecule has 0 saturated carbocycles. The Bertz CT molecular complexity index is 112. The minimum Gasteiger partial charge on any atom is -0.480 e. The molecule has 9 heavy (non-hydrogen) atoms. The van der Waals surface area contributed by atoms with Gasteiger partial charge in [-0.3, -0.25) is 4.79 Å². The molecule has 0 aliphatic carbocycles. The van der Waals surface area contributed by atoms with Crippen molar-refractivity contribution in [1.82, 2.24) is 5.32 Å². The van der Waals surface area contributed by atoms with Crippen molar-refractivity contribution >= 4 is 18.4 Å². The Hall–Kier alpha value is -0.280. The largest absolute Gasteiger partial charge is 0.480 e. The predicted octanol–water partition coefficient (Wildman–Crippen LogP) is 0.243. The highest BCUT2D eigenvalue weighted by atomic mass is 35.5. The standard InChI is InChI=1S/C5H9NO2.ClH/c1-3-2-4(6-3)5(7)8;/h3-4,6H,2H2,1H3,(H,7,8);1H/t3-,4-;/m0./s1. The minimum atomic E-state index is -0.733. The van der Waals surface area contributed by atoms with Gasteiger partial charge in [-0.1, -0.05) is 0 Å². The second kappa shape index (κ2) is 3.03. The Morgan fingerprint density at radius 3 is 2.33 bits per heavy atom. The van der Waals surface area contributed by atoms with Gasteiger partial charge in [0.05, 0.1) is 0 Å². The molecule has 0 bridgehead atoms. The van der Waals surface area contributed by atoms with E-state index in [9.17, 15) is 4.79 Å². The summed E-state index contributed by atoms with van der Waals surface area (Å²) in [6.07, 6.45) is 0.773. The van der Waals surface area contributed by atoms with Gasteiger partial charge in [-0.2, -0.15) is 0 Å². The Kier molecular flexibility index (Phi) is 2.94. The Labute approximate surface area is 59.9 Å². The first kappa shape index (κ1) is 8.72. The summed E-state index contributed by atoms with van der Waals surface area (Å²) in [5.41, 5.74) is 0. The van der Waals surface area contributed by atoms with E-state index in [0.717, 1.165) is 6.42 Å². The van der Waals surface area contributed by atoms with Gasteiger partial charge in [0.1, 0.15) is 6.04 Å². The smallest absolute Gasteiger partial charge is 0.320 e. The maximum atomic E-state index is 10.1. The number of halogens is 1. The summed E-state index contributed by atoms with van der Waals surface area (Å²) in [7, 11) is 0. The third-order valence-electron chi connectivity index (χ3n) is 1.37. The molecule has 54 valence electrons. The highest BCUT2D eigenvalue weighted by molar-refractivity contribution is 5.85. The number of rotatable bonds is 1. The van der Waals surface area contributed by atoms with Crippen LogP contribution in [0.2, 0.25) is 0 Å². The van der Waals surface area contributed by atoms with Crippen molar-refractivity contribution in [2.75, 3.05) is 0 Å². The van der Waals surface area contributed by atoms with Crippen LogP contribution < -0.4 is 5.32 Å². The first-order chi connectivity index (χ1) is 3.70. The average molecular weight is 152 g/mol. The van der Waals surface area contributed by atoms with Crippen LogP contribution in [0.25, 0.3) is 0 Å². The van der Waals surface area contributed by atoms with E-state index in [-0.39, 0.29) is 18.4 Å². The van der Waals surface area contributed by atoms with Crippen molar-refractivity contribution in [3.63, 3.8) is 0 Å². The molecule has 0 radical (unpaired) electrons. The first-order valence-corrected chi connectivity index (χ1v) is 2.69. The van der Waals surface area contributed by atoms with Crippen molar-refractivity contribution in [2.24, 2.45) is 0 Å². The van der Waals surface area contributed by atoms with Crippen LogP contribution in [-0.2, 0) is 4.79 Å². The van der Waals surface area contributed by atoms with E-state index in [1.165, 1.54) is 0 Å². The zero-order chi connectivity index (χ0) is 6.15. The van der Waals surface area contributed by atoms with Crippen molar-refractivity contribution in [2.45, 2.75) is 25.4 Å². The molecule has 2 N–H and O–H groups in total. The molecule has 1 aliphatic heterocycles. The SMILES string of the molecule is C[C@H]1C[C@@H](C(=O)O)N1.Cl. The van der Waals surface area contributed by atoms with Gasteiger partial charge in [-0.25, -0.2) is 0 Å². The van der Waals surface area contributed by atoms with Gasteiger partial charge in [0.15, 0.2) is 0 Å². The zero-order valence-corrected chi connectivity index (χ0v) is 5.94. The Morgan fingerprint density at radius 2 is 2.22 bits per heavy atom. The van der Waals surface area contributed by atoms with Gasteiger partial charge >= 0.3 is 5.97 Å². The molecular formula is C5H10ClNO2. The fourth-order valence-electron chi connectivity index (χ4n) is 0.845. The number of hydrogen-bond acceptors (Lipinski definition) is 2. The number of hydrogen-bond donors (Lipinski definition) is 2. The monoisotopic (exact) mass is 151 g/mol. The molecule has 1 rings (SSSR count). The van der Waals surface area contributed by atoms with E-state index >= 15 is 0 Å². The van der Waals surface area contributed by atoms with Gasteiger partial charge < -0.3 is 10.4 Å².